The second kappa shape index (κ2) is 5.68. The van der Waals surface area contributed by atoms with Crippen LogP contribution >= 0.6 is 0 Å². The third-order valence-electron chi connectivity index (χ3n) is 3.32. The first-order valence-corrected chi connectivity index (χ1v) is 7.94. The second-order valence-corrected chi connectivity index (χ2v) is 8.08. The summed E-state index contributed by atoms with van der Waals surface area (Å²) < 4.78 is 16.7. The highest BCUT2D eigenvalue weighted by Crippen LogP contribution is 2.24. The Morgan fingerprint density at radius 2 is 2.10 bits per heavy atom. The maximum Gasteiger partial charge on any atom is 0.170 e. The highest BCUT2D eigenvalue weighted by Gasteiger charge is 2.28. The van der Waals surface area contributed by atoms with E-state index in [1.165, 1.54) is 0 Å². The van der Waals surface area contributed by atoms with Crippen LogP contribution in [0.4, 0.5) is 0 Å². The van der Waals surface area contributed by atoms with Gasteiger partial charge in [-0.15, -0.1) is 4.72 Å². The van der Waals surface area contributed by atoms with E-state index in [0.29, 0.717) is 5.69 Å². The Morgan fingerprint density at radius 1 is 1.43 bits per heavy atom. The third kappa shape index (κ3) is 3.21. The number of hydrogen-bond donors (Lipinski definition) is 1. The Kier molecular flexibility index (Phi) is 4.28. The van der Waals surface area contributed by atoms with Gasteiger partial charge in [0.1, 0.15) is 10.8 Å². The number of nitrogens with one attached hydrogen (secondary N) is 1. The van der Waals surface area contributed by atoms with Gasteiger partial charge in [-0.05, 0) is 45.4 Å². The molecule has 5 nitrogen and oxygen atoms in total. The molecule has 0 amide bonds. The molecule has 0 aliphatic carbocycles. The summed E-state index contributed by atoms with van der Waals surface area (Å²) in [5.41, 5.74) is 2.35. The van der Waals surface area contributed by atoms with Gasteiger partial charge in [-0.1, -0.05) is 6.07 Å². The molecular formula is C15H20N4OS. The number of hydrogen-bond acceptors (Lipinski definition) is 4. The number of nitrogens with zero attached hydrogens (tertiary/aromatic N) is 3. The summed E-state index contributed by atoms with van der Waals surface area (Å²) in [7, 11) is 1.82. The molecule has 2 aromatic rings. The van der Waals surface area contributed by atoms with Gasteiger partial charge in [0.05, 0.1) is 11.6 Å². The molecule has 0 saturated carbocycles. The SMILES string of the molecule is CC(N[S+]([O-])C(C)(C)C)c1ccc2c(C#N)nn(C)c2c1. The van der Waals surface area contributed by atoms with Gasteiger partial charge < -0.3 is 4.55 Å². The van der Waals surface area contributed by atoms with Crippen molar-refractivity contribution in [2.45, 2.75) is 38.5 Å². The van der Waals surface area contributed by atoms with Crippen molar-refractivity contribution in [3.8, 4) is 6.07 Å². The summed E-state index contributed by atoms with van der Waals surface area (Å²) in [6, 6.07) is 7.88. The van der Waals surface area contributed by atoms with Crippen molar-refractivity contribution < 1.29 is 4.55 Å². The minimum Gasteiger partial charge on any atom is -0.598 e. The summed E-state index contributed by atoms with van der Waals surface area (Å²) in [6.45, 7) is 7.79. The molecule has 0 spiro atoms. The molecule has 0 saturated heterocycles. The molecule has 0 aliphatic heterocycles. The average Bonchev–Trinajstić information content (AvgIpc) is 2.74. The summed E-state index contributed by atoms with van der Waals surface area (Å²) >= 11 is -1.13. The lowest BCUT2D eigenvalue weighted by molar-refractivity contribution is 0.531. The zero-order valence-electron chi connectivity index (χ0n) is 13.0. The zero-order valence-corrected chi connectivity index (χ0v) is 13.8. The van der Waals surface area contributed by atoms with Gasteiger partial charge in [-0.2, -0.15) is 10.4 Å². The molecule has 1 aromatic heterocycles. The molecular weight excluding hydrogens is 284 g/mol. The van der Waals surface area contributed by atoms with Crippen LogP contribution in [-0.2, 0) is 18.4 Å². The lowest BCUT2D eigenvalue weighted by atomic mass is 10.1. The topological polar surface area (TPSA) is 76.7 Å². The van der Waals surface area contributed by atoms with Crippen LogP contribution in [0.15, 0.2) is 18.2 Å². The van der Waals surface area contributed by atoms with E-state index >= 15 is 0 Å². The van der Waals surface area contributed by atoms with E-state index in [0.717, 1.165) is 16.5 Å². The Balaban J connectivity index is 2.31. The smallest absolute Gasteiger partial charge is 0.170 e. The van der Waals surface area contributed by atoms with Gasteiger partial charge >= 0.3 is 0 Å². The van der Waals surface area contributed by atoms with Crippen LogP contribution in [0.2, 0.25) is 0 Å². The molecule has 0 radical (unpaired) electrons. The fourth-order valence-electron chi connectivity index (χ4n) is 2.03. The predicted octanol–water partition coefficient (Wildman–Crippen LogP) is 2.56. The van der Waals surface area contributed by atoms with Crippen LogP contribution in [0.3, 0.4) is 0 Å². The van der Waals surface area contributed by atoms with Crippen molar-refractivity contribution in [1.29, 1.82) is 5.26 Å². The van der Waals surface area contributed by atoms with Crippen molar-refractivity contribution in [2.24, 2.45) is 7.05 Å². The second-order valence-electron chi connectivity index (χ2n) is 6.08. The molecule has 2 rings (SSSR count). The van der Waals surface area contributed by atoms with Crippen LogP contribution in [0.5, 0.6) is 0 Å². The maximum atomic E-state index is 12.2. The standard InChI is InChI=1S/C15H20N4OS/c1-10(18-21(20)15(2,3)4)11-6-7-12-13(9-16)17-19(5)14(12)8-11/h6-8,10,18H,1-5H3. The molecule has 0 aliphatic rings. The van der Waals surface area contributed by atoms with Crippen LogP contribution in [-0.4, -0.2) is 19.1 Å². The van der Waals surface area contributed by atoms with E-state index in [-0.39, 0.29) is 10.8 Å². The molecule has 1 heterocycles. The van der Waals surface area contributed by atoms with Crippen LogP contribution in [0, 0.1) is 11.3 Å². The van der Waals surface area contributed by atoms with Gasteiger partial charge in [0.25, 0.3) is 0 Å². The van der Waals surface area contributed by atoms with Crippen LogP contribution < -0.4 is 4.72 Å². The molecule has 21 heavy (non-hydrogen) atoms. The Hall–Kier alpha value is -1.55. The van der Waals surface area contributed by atoms with Crippen molar-refractivity contribution in [3.05, 3.63) is 29.5 Å². The Bertz CT molecular complexity index is 696. The molecule has 0 fully saturated rings. The lowest BCUT2D eigenvalue weighted by Gasteiger charge is -2.26. The Labute approximate surface area is 128 Å². The number of aromatic nitrogens is 2. The summed E-state index contributed by atoms with van der Waals surface area (Å²) in [5, 5.41) is 14.1. The number of benzene rings is 1. The van der Waals surface area contributed by atoms with Gasteiger partial charge in [-0.25, -0.2) is 0 Å². The first-order valence-electron chi connectivity index (χ1n) is 6.79. The van der Waals surface area contributed by atoms with Gasteiger partial charge in [0, 0.05) is 23.8 Å². The number of nitriles is 1. The van der Waals surface area contributed by atoms with Gasteiger partial charge in [0.2, 0.25) is 0 Å². The third-order valence-corrected chi connectivity index (χ3v) is 5.00. The quantitative estimate of drug-likeness (QED) is 0.884. The van der Waals surface area contributed by atoms with E-state index in [1.54, 1.807) is 4.68 Å². The number of rotatable bonds is 3. The monoisotopic (exact) mass is 304 g/mol. The average molecular weight is 304 g/mol. The largest absolute Gasteiger partial charge is 0.598 e. The molecule has 2 unspecified atom stereocenters. The van der Waals surface area contributed by atoms with Crippen molar-refractivity contribution >= 4 is 22.3 Å². The maximum absolute atomic E-state index is 12.2. The molecule has 1 N–H and O–H groups in total. The van der Waals surface area contributed by atoms with E-state index in [9.17, 15) is 4.55 Å². The molecule has 2 atom stereocenters. The minimum atomic E-state index is -1.13. The van der Waals surface area contributed by atoms with E-state index in [1.807, 2.05) is 52.9 Å². The van der Waals surface area contributed by atoms with Crippen molar-refractivity contribution in [3.63, 3.8) is 0 Å². The van der Waals surface area contributed by atoms with Gasteiger partial charge in [-0.3, -0.25) is 4.68 Å². The predicted molar refractivity (Wildman–Crippen MR) is 84.9 cm³/mol. The number of aryl methyl sites for hydroxylation is 1. The zero-order chi connectivity index (χ0) is 15.8. The summed E-state index contributed by atoms with van der Waals surface area (Å²) in [5.74, 6) is 0. The summed E-state index contributed by atoms with van der Waals surface area (Å²) in [4.78, 5) is 0. The summed E-state index contributed by atoms with van der Waals surface area (Å²) in [6.07, 6.45) is 0. The van der Waals surface area contributed by atoms with Crippen molar-refractivity contribution in [2.75, 3.05) is 0 Å². The normalized spacial score (nSPS) is 14.9. The molecule has 1 aromatic carbocycles. The number of fused-ring (bicyclic) bond motifs is 1. The van der Waals surface area contributed by atoms with E-state index in [2.05, 4.69) is 15.9 Å². The fourth-order valence-corrected chi connectivity index (χ4v) is 2.84. The Morgan fingerprint density at radius 3 is 2.67 bits per heavy atom. The fraction of sp³-hybridized carbons (Fsp3) is 0.467. The molecule has 112 valence electrons. The minimum absolute atomic E-state index is 0.0464. The lowest BCUT2D eigenvalue weighted by Crippen LogP contribution is -2.40. The highest BCUT2D eigenvalue weighted by molar-refractivity contribution is 7.90. The van der Waals surface area contributed by atoms with E-state index < -0.39 is 11.4 Å². The van der Waals surface area contributed by atoms with Gasteiger partial charge in [0.15, 0.2) is 5.69 Å². The first kappa shape index (κ1) is 15.8. The van der Waals surface area contributed by atoms with E-state index in [4.69, 9.17) is 5.26 Å². The van der Waals surface area contributed by atoms with Crippen LogP contribution in [0.25, 0.3) is 10.9 Å². The van der Waals surface area contributed by atoms with Crippen molar-refractivity contribution in [1.82, 2.24) is 14.5 Å². The molecule has 6 heteroatoms. The first-order chi connectivity index (χ1) is 9.74. The molecule has 0 bridgehead atoms. The highest BCUT2D eigenvalue weighted by atomic mass is 32.2. The van der Waals surface area contributed by atoms with Crippen LogP contribution in [0.1, 0.15) is 45.0 Å².